The van der Waals surface area contributed by atoms with E-state index in [0.717, 1.165) is 17.7 Å². The number of hydrogen-bond acceptors (Lipinski definition) is 2. The highest BCUT2D eigenvalue weighted by Gasteiger charge is 2.39. The highest BCUT2D eigenvalue weighted by Crippen LogP contribution is 2.44. The van der Waals surface area contributed by atoms with Crippen molar-refractivity contribution >= 4 is 23.1 Å². The molecule has 3 atom stereocenters. The van der Waals surface area contributed by atoms with Crippen molar-refractivity contribution in [1.29, 1.82) is 0 Å². The number of nitrogens with zero attached hydrogens (tertiary/aromatic N) is 1. The van der Waals surface area contributed by atoms with Crippen molar-refractivity contribution in [3.63, 3.8) is 0 Å². The molecule has 0 aromatic carbocycles. The zero-order valence-corrected chi connectivity index (χ0v) is 10.5. The topological polar surface area (TPSA) is 37.0 Å². The Labute approximate surface area is 107 Å². The van der Waals surface area contributed by atoms with Gasteiger partial charge in [0.1, 0.15) is 5.82 Å². The summed E-state index contributed by atoms with van der Waals surface area (Å²) in [5, 5.41) is 7.29. The van der Waals surface area contributed by atoms with Crippen LogP contribution in [0.1, 0.15) is 25.7 Å². The second-order valence-electron chi connectivity index (χ2n) is 5.09. The Bertz CT molecular complexity index is 406. The van der Waals surface area contributed by atoms with E-state index in [-0.39, 0.29) is 0 Å². The van der Waals surface area contributed by atoms with Gasteiger partial charge < -0.3 is 10.6 Å². The molecule has 90 valence electrons. The minimum Gasteiger partial charge on any atom is -0.359 e. The minimum absolute atomic E-state index is 0.581. The summed E-state index contributed by atoms with van der Waals surface area (Å²) in [5.74, 6) is 2.59. The van der Waals surface area contributed by atoms with Gasteiger partial charge in [0.25, 0.3) is 0 Å². The highest BCUT2D eigenvalue weighted by atomic mass is 32.1. The van der Waals surface area contributed by atoms with Crippen LogP contribution in [-0.4, -0.2) is 16.1 Å². The summed E-state index contributed by atoms with van der Waals surface area (Å²) in [6.45, 7) is 0. The lowest BCUT2D eigenvalue weighted by molar-refractivity contribution is 0.392. The number of pyridine rings is 1. The maximum atomic E-state index is 5.33. The molecule has 2 aliphatic rings. The van der Waals surface area contributed by atoms with E-state index in [0.29, 0.717) is 11.2 Å². The molecule has 0 saturated heterocycles. The number of hydrogen-bond donors (Lipinski definition) is 2. The van der Waals surface area contributed by atoms with Crippen LogP contribution in [0, 0.1) is 11.8 Å². The van der Waals surface area contributed by atoms with Gasteiger partial charge in [0.05, 0.1) is 0 Å². The fourth-order valence-corrected chi connectivity index (χ4v) is 3.43. The lowest BCUT2D eigenvalue weighted by Crippen LogP contribution is -2.40. The van der Waals surface area contributed by atoms with Crippen LogP contribution >= 0.6 is 12.2 Å². The van der Waals surface area contributed by atoms with Gasteiger partial charge in [0, 0.05) is 12.2 Å². The molecular weight excluding hydrogens is 230 g/mol. The molecule has 2 aliphatic carbocycles. The van der Waals surface area contributed by atoms with Gasteiger partial charge in [-0.2, -0.15) is 0 Å². The van der Waals surface area contributed by atoms with Crippen LogP contribution in [0.3, 0.4) is 0 Å². The Hall–Kier alpha value is -1.16. The van der Waals surface area contributed by atoms with Crippen LogP contribution in [0.4, 0.5) is 5.82 Å². The van der Waals surface area contributed by atoms with Crippen LogP contribution in [0.15, 0.2) is 24.4 Å². The zero-order chi connectivity index (χ0) is 11.7. The van der Waals surface area contributed by atoms with E-state index in [2.05, 4.69) is 15.6 Å². The first-order valence-electron chi connectivity index (χ1n) is 6.30. The van der Waals surface area contributed by atoms with Crippen molar-refractivity contribution in [3.8, 4) is 0 Å². The molecule has 1 heterocycles. The van der Waals surface area contributed by atoms with E-state index in [1.54, 1.807) is 6.20 Å². The molecule has 0 radical (unpaired) electrons. The van der Waals surface area contributed by atoms with Gasteiger partial charge in [0.2, 0.25) is 0 Å². The number of rotatable bonds is 2. The first-order chi connectivity index (χ1) is 8.31. The first-order valence-corrected chi connectivity index (χ1v) is 6.70. The van der Waals surface area contributed by atoms with Crippen LogP contribution in [0.5, 0.6) is 0 Å². The van der Waals surface area contributed by atoms with E-state index in [4.69, 9.17) is 12.2 Å². The van der Waals surface area contributed by atoms with Crippen LogP contribution in [-0.2, 0) is 0 Å². The highest BCUT2D eigenvalue weighted by molar-refractivity contribution is 7.80. The fraction of sp³-hybridized carbons (Fsp3) is 0.538. The van der Waals surface area contributed by atoms with Gasteiger partial charge in [-0.25, -0.2) is 4.98 Å². The Balaban J connectivity index is 1.54. The summed E-state index contributed by atoms with van der Waals surface area (Å²) in [6, 6.07) is 6.36. The summed E-state index contributed by atoms with van der Waals surface area (Å²) in [7, 11) is 0. The average Bonchev–Trinajstić information content (AvgIpc) is 2.92. The Morgan fingerprint density at radius 2 is 2.24 bits per heavy atom. The number of anilines is 1. The number of fused-ring (bicyclic) bond motifs is 2. The maximum absolute atomic E-state index is 5.33. The molecule has 3 rings (SSSR count). The predicted molar refractivity (Wildman–Crippen MR) is 72.8 cm³/mol. The zero-order valence-electron chi connectivity index (χ0n) is 9.73. The third-order valence-electron chi connectivity index (χ3n) is 3.96. The maximum Gasteiger partial charge on any atom is 0.172 e. The molecule has 1 aromatic rings. The average molecular weight is 247 g/mol. The van der Waals surface area contributed by atoms with Gasteiger partial charge in [-0.15, -0.1) is 0 Å². The number of nitrogens with one attached hydrogen (secondary N) is 2. The summed E-state index contributed by atoms with van der Waals surface area (Å²) in [4.78, 5) is 4.20. The second-order valence-corrected chi connectivity index (χ2v) is 5.50. The van der Waals surface area contributed by atoms with Crippen LogP contribution in [0.25, 0.3) is 0 Å². The van der Waals surface area contributed by atoms with Gasteiger partial charge in [-0.1, -0.05) is 12.5 Å². The fourth-order valence-electron chi connectivity index (χ4n) is 3.18. The van der Waals surface area contributed by atoms with E-state index in [9.17, 15) is 0 Å². The van der Waals surface area contributed by atoms with Gasteiger partial charge in [-0.05, 0) is 55.4 Å². The molecule has 2 bridgehead atoms. The summed E-state index contributed by atoms with van der Waals surface area (Å²) >= 11 is 5.33. The Morgan fingerprint density at radius 1 is 1.29 bits per heavy atom. The molecule has 3 nitrogen and oxygen atoms in total. The molecule has 0 amide bonds. The SMILES string of the molecule is S=C(Nc1ccccn1)N[C@@H]1C[C@H]2CC[C@H]1C2. The van der Waals surface area contributed by atoms with Crippen LogP contribution < -0.4 is 10.6 Å². The van der Waals surface area contributed by atoms with E-state index in [1.807, 2.05) is 18.2 Å². The van der Waals surface area contributed by atoms with Crippen molar-refractivity contribution < 1.29 is 0 Å². The minimum atomic E-state index is 0.581. The molecule has 2 saturated carbocycles. The summed E-state index contributed by atoms with van der Waals surface area (Å²) < 4.78 is 0. The normalized spacial score (nSPS) is 30.2. The van der Waals surface area contributed by atoms with Crippen molar-refractivity contribution in [2.75, 3.05) is 5.32 Å². The van der Waals surface area contributed by atoms with Gasteiger partial charge >= 0.3 is 0 Å². The Kier molecular flexibility index (Phi) is 2.97. The smallest absolute Gasteiger partial charge is 0.172 e. The Morgan fingerprint density at radius 3 is 2.88 bits per heavy atom. The summed E-state index contributed by atoms with van der Waals surface area (Å²) in [5.41, 5.74) is 0. The standard InChI is InChI=1S/C13H17N3S/c17-13(16-12-3-1-2-6-14-12)15-11-8-9-4-5-10(11)7-9/h1-3,6,9-11H,4-5,7-8H2,(H2,14,15,16,17)/t9-,10-,11+/m0/s1. The van der Waals surface area contributed by atoms with Crippen molar-refractivity contribution in [3.05, 3.63) is 24.4 Å². The van der Waals surface area contributed by atoms with E-state index < -0.39 is 0 Å². The number of aromatic nitrogens is 1. The lowest BCUT2D eigenvalue weighted by Gasteiger charge is -2.24. The predicted octanol–water partition coefficient (Wildman–Crippen LogP) is 2.56. The molecule has 17 heavy (non-hydrogen) atoms. The number of thiocarbonyl (C=S) groups is 1. The van der Waals surface area contributed by atoms with Gasteiger partial charge in [-0.3, -0.25) is 0 Å². The molecule has 1 aromatic heterocycles. The molecule has 0 unspecified atom stereocenters. The first kappa shape index (κ1) is 11.0. The largest absolute Gasteiger partial charge is 0.359 e. The quantitative estimate of drug-likeness (QED) is 0.788. The van der Waals surface area contributed by atoms with E-state index >= 15 is 0 Å². The van der Waals surface area contributed by atoms with Crippen molar-refractivity contribution in [2.45, 2.75) is 31.7 Å². The third kappa shape index (κ3) is 2.41. The molecule has 2 N–H and O–H groups in total. The molecule has 0 spiro atoms. The molecular formula is C13H17N3S. The van der Waals surface area contributed by atoms with E-state index in [1.165, 1.54) is 25.7 Å². The molecule has 4 heteroatoms. The molecule has 2 fully saturated rings. The lowest BCUT2D eigenvalue weighted by atomic mass is 9.96. The summed E-state index contributed by atoms with van der Waals surface area (Å²) in [6.07, 6.45) is 7.23. The third-order valence-corrected chi connectivity index (χ3v) is 4.18. The molecule has 0 aliphatic heterocycles. The monoisotopic (exact) mass is 247 g/mol. The second kappa shape index (κ2) is 4.61. The van der Waals surface area contributed by atoms with Crippen LogP contribution in [0.2, 0.25) is 0 Å². The van der Waals surface area contributed by atoms with Crippen molar-refractivity contribution in [1.82, 2.24) is 10.3 Å². The van der Waals surface area contributed by atoms with Crippen molar-refractivity contribution in [2.24, 2.45) is 11.8 Å². The van der Waals surface area contributed by atoms with Gasteiger partial charge in [0.15, 0.2) is 5.11 Å².